The third kappa shape index (κ3) is 6.40. The number of allylic oxidation sites excluding steroid dienone is 1. The lowest BCUT2D eigenvalue weighted by Crippen LogP contribution is -2.30. The van der Waals surface area contributed by atoms with Crippen molar-refractivity contribution >= 4 is 11.7 Å². The van der Waals surface area contributed by atoms with Gasteiger partial charge in [-0.3, -0.25) is 9.59 Å². The summed E-state index contributed by atoms with van der Waals surface area (Å²) < 4.78 is 0. The zero-order chi connectivity index (χ0) is 10.8. The minimum absolute atomic E-state index is 0.275. The highest BCUT2D eigenvalue weighted by molar-refractivity contribution is 6.36. The van der Waals surface area contributed by atoms with E-state index in [2.05, 4.69) is 18.3 Å². The van der Waals surface area contributed by atoms with Crippen LogP contribution in [0.4, 0.5) is 0 Å². The highest BCUT2D eigenvalue weighted by Crippen LogP contribution is 1.90. The van der Waals surface area contributed by atoms with Crippen LogP contribution in [0, 0.1) is 0 Å². The molecule has 0 aliphatic rings. The van der Waals surface area contributed by atoms with Gasteiger partial charge in [-0.15, -0.1) is 0 Å². The average molecular weight is 197 g/mol. The Labute approximate surface area is 85.6 Å². The van der Waals surface area contributed by atoms with E-state index in [1.807, 2.05) is 6.08 Å². The fourth-order valence-corrected chi connectivity index (χ4v) is 0.931. The predicted molar refractivity (Wildman–Crippen MR) is 57.0 cm³/mol. The van der Waals surface area contributed by atoms with Gasteiger partial charge < -0.3 is 5.32 Å². The molecule has 0 aromatic heterocycles. The summed E-state index contributed by atoms with van der Waals surface area (Å²) in [5, 5.41) is 2.57. The smallest absolute Gasteiger partial charge is 0.287 e. The van der Waals surface area contributed by atoms with Gasteiger partial charge in [0.25, 0.3) is 5.91 Å². The summed E-state index contributed by atoms with van der Waals surface area (Å²) in [6.45, 7) is 4.35. The Morgan fingerprint density at radius 3 is 2.36 bits per heavy atom. The van der Waals surface area contributed by atoms with Gasteiger partial charge in [0.05, 0.1) is 0 Å². The van der Waals surface area contributed by atoms with E-state index in [1.165, 1.54) is 0 Å². The van der Waals surface area contributed by atoms with E-state index in [1.54, 1.807) is 6.92 Å². The third-order valence-corrected chi connectivity index (χ3v) is 1.79. The summed E-state index contributed by atoms with van der Waals surface area (Å²) in [7, 11) is 0. The van der Waals surface area contributed by atoms with Crippen LogP contribution in [-0.2, 0) is 9.59 Å². The van der Waals surface area contributed by atoms with Crippen LogP contribution in [0.15, 0.2) is 12.2 Å². The van der Waals surface area contributed by atoms with Gasteiger partial charge in [-0.1, -0.05) is 32.4 Å². The number of rotatable bonds is 7. The summed E-state index contributed by atoms with van der Waals surface area (Å²) in [6, 6.07) is 0. The molecule has 1 N–H and O–H groups in total. The van der Waals surface area contributed by atoms with E-state index in [9.17, 15) is 9.59 Å². The van der Waals surface area contributed by atoms with Crippen LogP contribution in [0.1, 0.15) is 39.5 Å². The molecule has 0 spiro atoms. The molecular weight excluding hydrogens is 178 g/mol. The van der Waals surface area contributed by atoms with Crippen molar-refractivity contribution in [3.8, 4) is 0 Å². The quantitative estimate of drug-likeness (QED) is 0.384. The zero-order valence-electron chi connectivity index (χ0n) is 9.01. The van der Waals surface area contributed by atoms with Crippen molar-refractivity contribution in [2.75, 3.05) is 6.54 Å². The molecule has 0 fully saturated rings. The Kier molecular flexibility index (Phi) is 7.80. The topological polar surface area (TPSA) is 46.2 Å². The van der Waals surface area contributed by atoms with Crippen molar-refractivity contribution in [2.45, 2.75) is 39.5 Å². The van der Waals surface area contributed by atoms with Crippen LogP contribution in [0.3, 0.4) is 0 Å². The molecule has 0 bridgehead atoms. The fraction of sp³-hybridized carbons (Fsp3) is 0.636. The van der Waals surface area contributed by atoms with Gasteiger partial charge in [0.2, 0.25) is 5.78 Å². The second-order valence-corrected chi connectivity index (χ2v) is 3.08. The molecule has 0 atom stereocenters. The number of amides is 1. The highest BCUT2D eigenvalue weighted by atomic mass is 16.2. The molecule has 0 aliphatic carbocycles. The standard InChI is InChI=1S/C11H19NO2/c1-3-5-6-7-8-9-12-11(14)10(13)4-2/h6-7H,3-5,8-9H2,1-2H3,(H,12,14)/b7-6-. The van der Waals surface area contributed by atoms with Crippen LogP contribution in [0.2, 0.25) is 0 Å². The Balaban J connectivity index is 3.45. The maximum atomic E-state index is 11.0. The van der Waals surface area contributed by atoms with Crippen LogP contribution in [0.5, 0.6) is 0 Å². The zero-order valence-corrected chi connectivity index (χ0v) is 9.01. The van der Waals surface area contributed by atoms with Crippen molar-refractivity contribution in [2.24, 2.45) is 0 Å². The van der Waals surface area contributed by atoms with Crippen molar-refractivity contribution in [3.63, 3.8) is 0 Å². The second-order valence-electron chi connectivity index (χ2n) is 3.08. The monoisotopic (exact) mass is 197 g/mol. The molecule has 0 rings (SSSR count). The minimum Gasteiger partial charge on any atom is -0.349 e. The molecule has 14 heavy (non-hydrogen) atoms. The number of nitrogens with one attached hydrogen (secondary N) is 1. The summed E-state index contributed by atoms with van der Waals surface area (Å²) in [5.41, 5.74) is 0. The molecule has 0 aliphatic heterocycles. The van der Waals surface area contributed by atoms with Crippen molar-refractivity contribution in [3.05, 3.63) is 12.2 Å². The summed E-state index contributed by atoms with van der Waals surface area (Å²) in [5.74, 6) is -0.807. The molecule has 1 amide bonds. The number of hydrogen-bond acceptors (Lipinski definition) is 2. The third-order valence-electron chi connectivity index (χ3n) is 1.79. The summed E-state index contributed by atoms with van der Waals surface area (Å²) in [6.07, 6.45) is 7.40. The first-order valence-corrected chi connectivity index (χ1v) is 5.18. The molecule has 0 unspecified atom stereocenters. The normalized spacial score (nSPS) is 10.4. The maximum Gasteiger partial charge on any atom is 0.287 e. The van der Waals surface area contributed by atoms with E-state index in [0.29, 0.717) is 6.54 Å². The molecular formula is C11H19NO2. The number of Topliss-reactive ketones (excluding diaryl/α,β-unsaturated/α-hetero) is 1. The fourth-order valence-electron chi connectivity index (χ4n) is 0.931. The number of unbranched alkanes of at least 4 members (excludes halogenated alkanes) is 1. The van der Waals surface area contributed by atoms with Crippen molar-refractivity contribution in [1.29, 1.82) is 0 Å². The maximum absolute atomic E-state index is 11.0. The molecule has 0 aromatic carbocycles. The van der Waals surface area contributed by atoms with E-state index in [4.69, 9.17) is 0 Å². The van der Waals surface area contributed by atoms with Gasteiger partial charge in [-0.25, -0.2) is 0 Å². The van der Waals surface area contributed by atoms with Gasteiger partial charge in [0.1, 0.15) is 0 Å². The van der Waals surface area contributed by atoms with Crippen LogP contribution in [0.25, 0.3) is 0 Å². The van der Waals surface area contributed by atoms with Crippen LogP contribution < -0.4 is 5.32 Å². The lowest BCUT2D eigenvalue weighted by atomic mass is 10.2. The molecule has 80 valence electrons. The van der Waals surface area contributed by atoms with Crippen molar-refractivity contribution < 1.29 is 9.59 Å². The van der Waals surface area contributed by atoms with E-state index >= 15 is 0 Å². The van der Waals surface area contributed by atoms with E-state index in [0.717, 1.165) is 19.3 Å². The van der Waals surface area contributed by atoms with E-state index < -0.39 is 5.91 Å². The molecule has 0 radical (unpaired) electrons. The Bertz CT molecular complexity index is 209. The first-order chi connectivity index (χ1) is 6.72. The van der Waals surface area contributed by atoms with Crippen LogP contribution >= 0.6 is 0 Å². The molecule has 0 aromatic rings. The predicted octanol–water partition coefficient (Wildman–Crippen LogP) is 1.83. The number of carbonyl (C=O) groups excluding carboxylic acids is 2. The SMILES string of the molecule is CCC/C=C\CCNC(=O)C(=O)CC. The van der Waals surface area contributed by atoms with E-state index in [-0.39, 0.29) is 12.2 Å². The molecule has 0 saturated heterocycles. The Morgan fingerprint density at radius 1 is 1.14 bits per heavy atom. The minimum atomic E-state index is -0.462. The van der Waals surface area contributed by atoms with Gasteiger partial charge in [0, 0.05) is 13.0 Å². The highest BCUT2D eigenvalue weighted by Gasteiger charge is 2.08. The molecule has 3 nitrogen and oxygen atoms in total. The first-order valence-electron chi connectivity index (χ1n) is 5.18. The second kappa shape index (κ2) is 8.48. The number of hydrogen-bond donors (Lipinski definition) is 1. The summed E-state index contributed by atoms with van der Waals surface area (Å²) >= 11 is 0. The number of ketones is 1. The van der Waals surface area contributed by atoms with Gasteiger partial charge in [0.15, 0.2) is 0 Å². The Hall–Kier alpha value is -1.12. The molecule has 0 heterocycles. The van der Waals surface area contributed by atoms with Gasteiger partial charge >= 0.3 is 0 Å². The lowest BCUT2D eigenvalue weighted by Gasteiger charge is -1.99. The number of carbonyl (C=O) groups is 2. The summed E-state index contributed by atoms with van der Waals surface area (Å²) in [4.78, 5) is 21.8. The lowest BCUT2D eigenvalue weighted by molar-refractivity contribution is -0.137. The average Bonchev–Trinajstić information content (AvgIpc) is 2.21. The van der Waals surface area contributed by atoms with Gasteiger partial charge in [-0.2, -0.15) is 0 Å². The largest absolute Gasteiger partial charge is 0.349 e. The first kappa shape index (κ1) is 12.9. The van der Waals surface area contributed by atoms with Crippen molar-refractivity contribution in [1.82, 2.24) is 5.32 Å². The molecule has 3 heteroatoms. The Morgan fingerprint density at radius 2 is 1.79 bits per heavy atom. The molecule has 0 saturated carbocycles. The van der Waals surface area contributed by atoms with Crippen LogP contribution in [-0.4, -0.2) is 18.2 Å². The van der Waals surface area contributed by atoms with Gasteiger partial charge in [-0.05, 0) is 12.8 Å².